The molecule has 3 rings (SSSR count). The molecule has 4 atom stereocenters. The average molecular weight is 330 g/mol. The molecule has 2 unspecified atom stereocenters. The van der Waals surface area contributed by atoms with Gasteiger partial charge in [0, 0.05) is 12.1 Å². The zero-order valence-electron chi connectivity index (χ0n) is 12.0. The van der Waals surface area contributed by atoms with E-state index in [4.69, 9.17) is 23.2 Å². The first-order valence-corrected chi connectivity index (χ1v) is 9.42. The summed E-state index contributed by atoms with van der Waals surface area (Å²) in [5, 5.41) is 1.35. The largest absolute Gasteiger partial charge is 0.300 e. The van der Waals surface area contributed by atoms with E-state index in [2.05, 4.69) is 30.3 Å². The minimum Gasteiger partial charge on any atom is -0.300 e. The van der Waals surface area contributed by atoms with Crippen LogP contribution in [0.1, 0.15) is 30.7 Å². The van der Waals surface area contributed by atoms with Gasteiger partial charge in [0.1, 0.15) is 0 Å². The van der Waals surface area contributed by atoms with Crippen molar-refractivity contribution in [3.05, 3.63) is 33.8 Å². The van der Waals surface area contributed by atoms with Crippen molar-refractivity contribution in [2.75, 3.05) is 19.1 Å². The van der Waals surface area contributed by atoms with Crippen molar-refractivity contribution < 1.29 is 0 Å². The van der Waals surface area contributed by atoms with Crippen molar-refractivity contribution in [3.8, 4) is 0 Å². The average Bonchev–Trinajstić information content (AvgIpc) is 2.67. The molecule has 20 heavy (non-hydrogen) atoms. The Morgan fingerprint density at radius 2 is 2.05 bits per heavy atom. The van der Waals surface area contributed by atoms with E-state index in [0.29, 0.717) is 16.0 Å². The predicted molar refractivity (Wildman–Crippen MR) is 90.3 cm³/mol. The second-order valence-electron chi connectivity index (χ2n) is 6.10. The number of rotatable bonds is 3. The molecule has 2 heterocycles. The fourth-order valence-corrected chi connectivity index (χ4v) is 5.27. The van der Waals surface area contributed by atoms with E-state index in [-0.39, 0.29) is 0 Å². The summed E-state index contributed by atoms with van der Waals surface area (Å²) in [5.74, 6) is 2.59. The van der Waals surface area contributed by atoms with E-state index >= 15 is 0 Å². The number of benzene rings is 1. The highest BCUT2D eigenvalue weighted by Gasteiger charge is 2.45. The van der Waals surface area contributed by atoms with Crippen molar-refractivity contribution in [1.82, 2.24) is 4.90 Å². The molecule has 1 aromatic rings. The van der Waals surface area contributed by atoms with E-state index in [9.17, 15) is 0 Å². The third-order valence-electron chi connectivity index (χ3n) is 5.16. The van der Waals surface area contributed by atoms with Crippen molar-refractivity contribution in [2.45, 2.75) is 37.3 Å². The van der Waals surface area contributed by atoms with Crippen molar-refractivity contribution >= 4 is 35.0 Å². The Labute approximate surface area is 136 Å². The molecule has 110 valence electrons. The summed E-state index contributed by atoms with van der Waals surface area (Å²) in [5.41, 5.74) is 1.38. The van der Waals surface area contributed by atoms with Crippen molar-refractivity contribution in [2.24, 2.45) is 5.92 Å². The summed E-state index contributed by atoms with van der Waals surface area (Å²) in [6, 6.07) is 7.71. The second kappa shape index (κ2) is 6.08. The van der Waals surface area contributed by atoms with Gasteiger partial charge >= 0.3 is 0 Å². The van der Waals surface area contributed by atoms with Gasteiger partial charge in [-0.1, -0.05) is 29.3 Å². The Morgan fingerprint density at radius 1 is 1.25 bits per heavy atom. The normalized spacial score (nSPS) is 33.6. The van der Waals surface area contributed by atoms with Gasteiger partial charge < -0.3 is 4.90 Å². The van der Waals surface area contributed by atoms with Gasteiger partial charge in [0.05, 0.1) is 10.0 Å². The molecular formula is C16H21Cl2NS. The first-order chi connectivity index (χ1) is 9.61. The lowest BCUT2D eigenvalue weighted by molar-refractivity contribution is 0.112. The molecule has 0 aromatic heterocycles. The van der Waals surface area contributed by atoms with Crippen molar-refractivity contribution in [3.63, 3.8) is 0 Å². The number of piperidine rings is 1. The summed E-state index contributed by atoms with van der Waals surface area (Å²) < 4.78 is 0. The third kappa shape index (κ3) is 2.61. The third-order valence-corrected chi connectivity index (χ3v) is 6.62. The Morgan fingerprint density at radius 3 is 2.75 bits per heavy atom. The van der Waals surface area contributed by atoms with Crippen LogP contribution < -0.4 is 0 Å². The molecule has 2 aliphatic rings. The number of hydrogen-bond donors (Lipinski definition) is 0. The molecule has 0 aliphatic carbocycles. The van der Waals surface area contributed by atoms with E-state index < -0.39 is 0 Å². The maximum absolute atomic E-state index is 6.23. The van der Waals surface area contributed by atoms with Gasteiger partial charge in [0.15, 0.2) is 0 Å². The molecule has 1 nitrogen and oxygen atoms in total. The maximum Gasteiger partial charge on any atom is 0.0595 e. The molecule has 0 saturated carbocycles. The predicted octanol–water partition coefficient (Wildman–Crippen LogP) is 4.92. The first kappa shape index (κ1) is 15.0. The molecule has 0 amide bonds. The number of thioether (sulfide) groups is 1. The number of fused-ring (bicyclic) bond motifs is 2. The van der Waals surface area contributed by atoms with E-state index in [1.807, 2.05) is 17.8 Å². The smallest absolute Gasteiger partial charge is 0.0595 e. The zero-order chi connectivity index (χ0) is 14.3. The van der Waals surface area contributed by atoms with Crippen LogP contribution >= 0.6 is 35.0 Å². The molecule has 0 radical (unpaired) electrons. The molecule has 0 N–H and O–H groups in total. The molecule has 2 aliphatic heterocycles. The highest BCUT2D eigenvalue weighted by atomic mass is 35.5. The Hall–Kier alpha value is 0.110. The Bertz CT molecular complexity index is 493. The highest BCUT2D eigenvalue weighted by molar-refractivity contribution is 7.98. The lowest BCUT2D eigenvalue weighted by Crippen LogP contribution is -2.46. The van der Waals surface area contributed by atoms with Crippen molar-refractivity contribution in [1.29, 1.82) is 0 Å². The summed E-state index contributed by atoms with van der Waals surface area (Å²) in [6.07, 6.45) is 6.18. The maximum atomic E-state index is 6.23. The quantitative estimate of drug-likeness (QED) is 0.774. The van der Waals surface area contributed by atoms with Gasteiger partial charge in [0.2, 0.25) is 0 Å². The molecule has 0 spiro atoms. The molecule has 4 heteroatoms. The van der Waals surface area contributed by atoms with E-state index in [1.54, 1.807) is 0 Å². The summed E-state index contributed by atoms with van der Waals surface area (Å²) >= 11 is 14.3. The van der Waals surface area contributed by atoms with Gasteiger partial charge in [-0.15, -0.1) is 0 Å². The molecule has 1 aromatic carbocycles. The minimum absolute atomic E-state index is 0.630. The number of halogens is 2. The van der Waals surface area contributed by atoms with Gasteiger partial charge in [0.25, 0.3) is 0 Å². The fourth-order valence-electron chi connectivity index (χ4n) is 4.12. The Kier molecular flexibility index (Phi) is 4.57. The zero-order valence-corrected chi connectivity index (χ0v) is 14.3. The van der Waals surface area contributed by atoms with Crippen LogP contribution in [0.4, 0.5) is 0 Å². The molecule has 2 bridgehead atoms. The minimum atomic E-state index is 0.630. The second-order valence-corrected chi connectivity index (χ2v) is 7.82. The van der Waals surface area contributed by atoms with Crippen LogP contribution in [-0.4, -0.2) is 36.0 Å². The van der Waals surface area contributed by atoms with Crippen LogP contribution in [0.5, 0.6) is 0 Å². The molecule has 2 fully saturated rings. The summed E-state index contributed by atoms with van der Waals surface area (Å²) in [7, 11) is 2.31. The van der Waals surface area contributed by atoms with Gasteiger partial charge in [-0.05, 0) is 67.9 Å². The van der Waals surface area contributed by atoms with Crippen LogP contribution in [0.15, 0.2) is 18.2 Å². The van der Waals surface area contributed by atoms with Gasteiger partial charge in [-0.3, -0.25) is 0 Å². The summed E-state index contributed by atoms with van der Waals surface area (Å²) in [4.78, 5) is 2.62. The van der Waals surface area contributed by atoms with Crippen LogP contribution in [0.3, 0.4) is 0 Å². The van der Waals surface area contributed by atoms with Gasteiger partial charge in [-0.2, -0.15) is 11.8 Å². The number of hydrogen-bond acceptors (Lipinski definition) is 2. The van der Waals surface area contributed by atoms with E-state index in [0.717, 1.165) is 18.0 Å². The SMILES string of the molecule is CSC[C@H]1C2CCC(C[C@@H]1c1ccc(Cl)c(Cl)c1)N2C. The Balaban J connectivity index is 1.92. The van der Waals surface area contributed by atoms with Crippen LogP contribution in [0.2, 0.25) is 10.0 Å². The topological polar surface area (TPSA) is 3.24 Å². The van der Waals surface area contributed by atoms with Crippen LogP contribution in [0.25, 0.3) is 0 Å². The monoisotopic (exact) mass is 329 g/mol. The fraction of sp³-hybridized carbons (Fsp3) is 0.625. The number of nitrogens with zero attached hydrogens (tertiary/aromatic N) is 1. The van der Waals surface area contributed by atoms with E-state index in [1.165, 1.54) is 30.6 Å². The summed E-state index contributed by atoms with van der Waals surface area (Å²) in [6.45, 7) is 0. The standard InChI is InChI=1S/C16H21Cl2NS/c1-19-11-4-6-16(19)13(9-20-2)12(8-11)10-3-5-14(17)15(18)7-10/h3,5,7,11-13,16H,4,6,8-9H2,1-2H3/t11?,12-,13-,16?/m1/s1. The van der Waals surface area contributed by atoms with Crippen LogP contribution in [0, 0.1) is 5.92 Å². The lowest BCUT2D eigenvalue weighted by Gasteiger charge is -2.43. The lowest BCUT2D eigenvalue weighted by atomic mass is 9.77. The van der Waals surface area contributed by atoms with Crippen LogP contribution in [-0.2, 0) is 0 Å². The first-order valence-electron chi connectivity index (χ1n) is 7.27. The van der Waals surface area contributed by atoms with Gasteiger partial charge in [-0.25, -0.2) is 0 Å². The highest BCUT2D eigenvalue weighted by Crippen LogP contribution is 2.47. The molecular weight excluding hydrogens is 309 g/mol. The molecule has 2 saturated heterocycles.